The predicted octanol–water partition coefficient (Wildman–Crippen LogP) is 4.07. The van der Waals surface area contributed by atoms with Crippen LogP contribution in [0, 0.1) is 23.7 Å². The summed E-state index contributed by atoms with van der Waals surface area (Å²) in [5.41, 5.74) is 2.83. The van der Waals surface area contributed by atoms with Crippen molar-refractivity contribution >= 4 is 0 Å². The summed E-state index contributed by atoms with van der Waals surface area (Å²) >= 11 is 0. The molecule has 2 heteroatoms. The lowest BCUT2D eigenvalue weighted by Gasteiger charge is -2.22. The van der Waals surface area contributed by atoms with E-state index in [-0.39, 0.29) is 0 Å². The number of rotatable bonds is 2. The van der Waals surface area contributed by atoms with Crippen LogP contribution in [-0.4, -0.2) is 9.97 Å². The van der Waals surface area contributed by atoms with Gasteiger partial charge in [-0.05, 0) is 55.8 Å². The zero-order valence-electron chi connectivity index (χ0n) is 12.3. The van der Waals surface area contributed by atoms with Crippen LogP contribution in [0.15, 0.2) is 0 Å². The zero-order valence-corrected chi connectivity index (χ0v) is 12.3. The van der Waals surface area contributed by atoms with Crippen molar-refractivity contribution in [3.8, 4) is 0 Å². The van der Waals surface area contributed by atoms with Gasteiger partial charge in [-0.1, -0.05) is 20.3 Å². The Labute approximate surface area is 116 Å². The second kappa shape index (κ2) is 4.36. The van der Waals surface area contributed by atoms with E-state index in [0.29, 0.717) is 5.92 Å². The van der Waals surface area contributed by atoms with Crippen molar-refractivity contribution in [2.75, 3.05) is 0 Å². The maximum absolute atomic E-state index is 4.96. The largest absolute Gasteiger partial charge is 0.346 e. The van der Waals surface area contributed by atoms with Gasteiger partial charge < -0.3 is 4.98 Å². The van der Waals surface area contributed by atoms with Crippen molar-refractivity contribution in [1.29, 1.82) is 0 Å². The zero-order chi connectivity index (χ0) is 13.0. The van der Waals surface area contributed by atoms with Crippen LogP contribution in [0.5, 0.6) is 0 Å². The maximum atomic E-state index is 4.96. The van der Waals surface area contributed by atoms with Crippen molar-refractivity contribution < 1.29 is 0 Å². The van der Waals surface area contributed by atoms with E-state index >= 15 is 0 Å². The van der Waals surface area contributed by atoms with E-state index in [4.69, 9.17) is 4.98 Å². The summed E-state index contributed by atoms with van der Waals surface area (Å²) in [6.45, 7) is 4.71. The number of hydrogen-bond acceptors (Lipinski definition) is 1. The first kappa shape index (κ1) is 12.0. The van der Waals surface area contributed by atoms with E-state index < -0.39 is 0 Å². The summed E-state index contributed by atoms with van der Waals surface area (Å²) in [5.74, 6) is 5.77. The molecule has 19 heavy (non-hydrogen) atoms. The van der Waals surface area contributed by atoms with Gasteiger partial charge in [-0.25, -0.2) is 4.98 Å². The SMILES string of the molecule is CC1Cc2[nH]c(CC3CC4CCC3C4)nc2C(C)C1. The molecule has 2 nitrogen and oxygen atoms in total. The molecule has 2 fully saturated rings. The first-order valence-electron chi connectivity index (χ1n) is 8.26. The van der Waals surface area contributed by atoms with Crippen LogP contribution in [0.2, 0.25) is 0 Å². The van der Waals surface area contributed by atoms with E-state index in [2.05, 4.69) is 18.8 Å². The fourth-order valence-electron chi connectivity index (χ4n) is 5.16. The number of H-pyrrole nitrogens is 1. The van der Waals surface area contributed by atoms with Gasteiger partial charge in [-0.15, -0.1) is 0 Å². The van der Waals surface area contributed by atoms with Crippen molar-refractivity contribution in [2.45, 2.75) is 64.7 Å². The van der Waals surface area contributed by atoms with Gasteiger partial charge in [0.05, 0.1) is 5.69 Å². The molecule has 0 amide bonds. The molecule has 2 bridgehead atoms. The van der Waals surface area contributed by atoms with Crippen molar-refractivity contribution in [1.82, 2.24) is 9.97 Å². The Hall–Kier alpha value is -0.790. The summed E-state index contributed by atoms with van der Waals surface area (Å²) in [4.78, 5) is 8.63. The van der Waals surface area contributed by atoms with Crippen molar-refractivity contribution in [2.24, 2.45) is 23.7 Å². The molecule has 0 aliphatic heterocycles. The van der Waals surface area contributed by atoms with E-state index in [1.165, 1.54) is 62.2 Å². The third kappa shape index (κ3) is 2.04. The van der Waals surface area contributed by atoms with Gasteiger partial charge in [-0.2, -0.15) is 0 Å². The molecular weight excluding hydrogens is 232 g/mol. The monoisotopic (exact) mass is 258 g/mol. The summed E-state index contributed by atoms with van der Waals surface area (Å²) in [5, 5.41) is 0. The Balaban J connectivity index is 1.52. The normalized spacial score (nSPS) is 40.6. The molecule has 0 saturated heterocycles. The maximum Gasteiger partial charge on any atom is 0.106 e. The third-order valence-corrected chi connectivity index (χ3v) is 5.98. The van der Waals surface area contributed by atoms with Gasteiger partial charge in [0, 0.05) is 18.0 Å². The number of hydrogen-bond donors (Lipinski definition) is 1. The lowest BCUT2D eigenvalue weighted by Crippen LogP contribution is -2.14. The molecule has 104 valence electrons. The van der Waals surface area contributed by atoms with E-state index in [1.54, 1.807) is 0 Å². The predicted molar refractivity (Wildman–Crippen MR) is 77.1 cm³/mol. The Kier molecular flexibility index (Phi) is 2.75. The van der Waals surface area contributed by atoms with Crippen LogP contribution in [0.25, 0.3) is 0 Å². The molecule has 3 aliphatic carbocycles. The number of aromatic nitrogens is 2. The summed E-state index contributed by atoms with van der Waals surface area (Å²) < 4.78 is 0. The molecule has 3 aliphatic rings. The Morgan fingerprint density at radius 3 is 2.79 bits per heavy atom. The molecule has 4 rings (SSSR count). The molecule has 1 aromatic heterocycles. The fourth-order valence-corrected chi connectivity index (χ4v) is 5.16. The minimum atomic E-state index is 0.656. The van der Waals surface area contributed by atoms with E-state index in [0.717, 1.165) is 23.7 Å². The standard InChI is InChI=1S/C17H26N2/c1-10-5-11(2)17-15(6-10)18-16(19-17)9-14-8-12-3-4-13(14)7-12/h10-14H,3-9H2,1-2H3,(H,18,19). The Morgan fingerprint density at radius 2 is 2.05 bits per heavy atom. The Morgan fingerprint density at radius 1 is 1.16 bits per heavy atom. The van der Waals surface area contributed by atoms with Gasteiger partial charge in [-0.3, -0.25) is 0 Å². The second-order valence-corrected chi connectivity index (χ2v) is 7.63. The smallest absolute Gasteiger partial charge is 0.106 e. The van der Waals surface area contributed by atoms with Gasteiger partial charge in [0.2, 0.25) is 0 Å². The molecule has 5 atom stereocenters. The highest BCUT2D eigenvalue weighted by Gasteiger charge is 2.39. The molecule has 2 saturated carbocycles. The molecule has 1 aromatic rings. The highest BCUT2D eigenvalue weighted by atomic mass is 14.9. The van der Waals surface area contributed by atoms with Gasteiger partial charge in [0.25, 0.3) is 0 Å². The summed E-state index contributed by atoms with van der Waals surface area (Å²) in [6, 6.07) is 0. The number of aromatic amines is 1. The first-order valence-corrected chi connectivity index (χ1v) is 8.26. The van der Waals surface area contributed by atoms with Crippen LogP contribution < -0.4 is 0 Å². The molecule has 1 heterocycles. The second-order valence-electron chi connectivity index (χ2n) is 7.63. The molecular formula is C17H26N2. The fraction of sp³-hybridized carbons (Fsp3) is 0.824. The average molecular weight is 258 g/mol. The minimum Gasteiger partial charge on any atom is -0.346 e. The number of imidazole rings is 1. The lowest BCUT2D eigenvalue weighted by atomic mass is 9.84. The first-order chi connectivity index (χ1) is 9.19. The Bertz CT molecular complexity index is 476. The van der Waals surface area contributed by atoms with Crippen LogP contribution in [0.4, 0.5) is 0 Å². The van der Waals surface area contributed by atoms with Crippen molar-refractivity contribution in [3.05, 3.63) is 17.2 Å². The van der Waals surface area contributed by atoms with Gasteiger partial charge in [0.1, 0.15) is 5.82 Å². The molecule has 0 aromatic carbocycles. The quantitative estimate of drug-likeness (QED) is 0.851. The van der Waals surface area contributed by atoms with Gasteiger partial charge >= 0.3 is 0 Å². The number of nitrogens with one attached hydrogen (secondary N) is 1. The molecule has 0 radical (unpaired) electrons. The highest BCUT2D eigenvalue weighted by Crippen LogP contribution is 2.49. The number of fused-ring (bicyclic) bond motifs is 3. The molecule has 1 N–H and O–H groups in total. The highest BCUT2D eigenvalue weighted by molar-refractivity contribution is 5.22. The molecule has 5 unspecified atom stereocenters. The lowest BCUT2D eigenvalue weighted by molar-refractivity contribution is 0.327. The van der Waals surface area contributed by atoms with Crippen LogP contribution in [0.1, 0.15) is 69.1 Å². The van der Waals surface area contributed by atoms with Crippen molar-refractivity contribution in [3.63, 3.8) is 0 Å². The van der Waals surface area contributed by atoms with E-state index in [9.17, 15) is 0 Å². The minimum absolute atomic E-state index is 0.656. The summed E-state index contributed by atoms with van der Waals surface area (Å²) in [6.07, 6.45) is 9.72. The van der Waals surface area contributed by atoms with Crippen LogP contribution >= 0.6 is 0 Å². The van der Waals surface area contributed by atoms with E-state index in [1.807, 2.05) is 0 Å². The average Bonchev–Trinajstić information content (AvgIpc) is 3.03. The summed E-state index contributed by atoms with van der Waals surface area (Å²) in [7, 11) is 0. The topological polar surface area (TPSA) is 28.7 Å². The van der Waals surface area contributed by atoms with Crippen LogP contribution in [0.3, 0.4) is 0 Å². The molecule has 0 spiro atoms. The van der Waals surface area contributed by atoms with Gasteiger partial charge in [0.15, 0.2) is 0 Å². The number of nitrogens with zero attached hydrogens (tertiary/aromatic N) is 1. The third-order valence-electron chi connectivity index (χ3n) is 5.98. The van der Waals surface area contributed by atoms with Crippen LogP contribution in [-0.2, 0) is 12.8 Å².